The van der Waals surface area contributed by atoms with Crippen LogP contribution in [0.15, 0.2) is 30.3 Å². The van der Waals surface area contributed by atoms with Gasteiger partial charge in [0.25, 0.3) is 0 Å². The van der Waals surface area contributed by atoms with Crippen molar-refractivity contribution in [1.82, 2.24) is 9.21 Å². The van der Waals surface area contributed by atoms with Crippen molar-refractivity contribution in [2.75, 3.05) is 52.3 Å². The van der Waals surface area contributed by atoms with E-state index in [1.54, 1.807) is 4.90 Å². The highest BCUT2D eigenvalue weighted by atomic mass is 32.2. The highest BCUT2D eigenvalue weighted by Crippen LogP contribution is 2.11. The van der Waals surface area contributed by atoms with Crippen LogP contribution in [0.4, 0.5) is 0 Å². The van der Waals surface area contributed by atoms with Gasteiger partial charge in [0.2, 0.25) is 15.9 Å². The van der Waals surface area contributed by atoms with Gasteiger partial charge in [-0.15, -0.1) is 0 Å². The van der Waals surface area contributed by atoms with Crippen LogP contribution in [0.1, 0.15) is 6.42 Å². The van der Waals surface area contributed by atoms with Crippen molar-refractivity contribution in [1.29, 1.82) is 0 Å². The van der Waals surface area contributed by atoms with Crippen LogP contribution in [0, 0.1) is 0 Å². The Morgan fingerprint density at radius 1 is 1.08 bits per heavy atom. The Kier molecular flexibility index (Phi) is 7.01. The summed E-state index contributed by atoms with van der Waals surface area (Å²) in [6.07, 6.45) is 0.283. The number of para-hydroxylation sites is 1. The fraction of sp³-hybridized carbons (Fsp3) is 0.562. The fourth-order valence-corrected chi connectivity index (χ4v) is 3.82. The van der Waals surface area contributed by atoms with Crippen molar-refractivity contribution in [3.8, 4) is 5.75 Å². The Balaban J connectivity index is 1.72. The maximum absolute atomic E-state index is 12.2. The molecule has 8 heteroatoms. The molecular weight excluding hydrogens is 332 g/mol. The smallest absolute Gasteiger partial charge is 0.226 e. The van der Waals surface area contributed by atoms with Gasteiger partial charge < -0.3 is 14.4 Å². The van der Waals surface area contributed by atoms with Gasteiger partial charge in [-0.1, -0.05) is 18.2 Å². The van der Waals surface area contributed by atoms with Gasteiger partial charge in [0.15, 0.2) is 0 Å². The normalized spacial score (nSPS) is 16.1. The highest BCUT2D eigenvalue weighted by molar-refractivity contribution is 7.89. The number of benzene rings is 1. The summed E-state index contributed by atoms with van der Waals surface area (Å²) in [5.41, 5.74) is 0. The Morgan fingerprint density at radius 2 is 1.75 bits per heavy atom. The minimum absolute atomic E-state index is 0.0140. The third-order valence-corrected chi connectivity index (χ3v) is 5.69. The molecule has 1 heterocycles. The zero-order valence-electron chi connectivity index (χ0n) is 13.9. The zero-order valence-corrected chi connectivity index (χ0v) is 14.7. The summed E-state index contributed by atoms with van der Waals surface area (Å²) in [5.74, 6) is 0.696. The molecule has 1 fully saturated rings. The average molecular weight is 356 g/mol. The van der Waals surface area contributed by atoms with Crippen molar-refractivity contribution in [2.24, 2.45) is 0 Å². The van der Waals surface area contributed by atoms with Gasteiger partial charge in [-0.25, -0.2) is 8.42 Å². The van der Waals surface area contributed by atoms with Crippen LogP contribution < -0.4 is 4.74 Å². The molecule has 1 saturated heterocycles. The van der Waals surface area contributed by atoms with E-state index in [9.17, 15) is 13.2 Å². The minimum atomic E-state index is -3.30. The van der Waals surface area contributed by atoms with Crippen molar-refractivity contribution in [3.63, 3.8) is 0 Å². The van der Waals surface area contributed by atoms with Crippen molar-refractivity contribution < 1.29 is 22.7 Å². The largest absolute Gasteiger partial charge is 0.493 e. The number of carbonyl (C=O) groups is 1. The van der Waals surface area contributed by atoms with E-state index in [0.29, 0.717) is 32.8 Å². The molecule has 0 bridgehead atoms. The number of piperazine rings is 1. The molecule has 7 nitrogen and oxygen atoms in total. The molecule has 0 saturated carbocycles. The minimum Gasteiger partial charge on any atom is -0.493 e. The molecule has 1 aromatic carbocycles. The highest BCUT2D eigenvalue weighted by Gasteiger charge is 2.28. The van der Waals surface area contributed by atoms with Crippen LogP contribution in [-0.4, -0.2) is 75.8 Å². The summed E-state index contributed by atoms with van der Waals surface area (Å²) in [6, 6.07) is 9.33. The summed E-state index contributed by atoms with van der Waals surface area (Å²) in [4.78, 5) is 13.9. The summed E-state index contributed by atoms with van der Waals surface area (Å²) in [6.45, 7) is 1.98. The Hall–Kier alpha value is -1.64. The first kappa shape index (κ1) is 18.7. The lowest BCUT2D eigenvalue weighted by molar-refractivity contribution is -0.132. The van der Waals surface area contributed by atoms with Crippen LogP contribution in [0.3, 0.4) is 0 Å². The van der Waals surface area contributed by atoms with Crippen LogP contribution in [-0.2, 0) is 19.6 Å². The Labute approximate surface area is 143 Å². The average Bonchev–Trinajstić information content (AvgIpc) is 2.61. The number of sulfonamides is 1. The molecule has 0 atom stereocenters. The van der Waals surface area contributed by atoms with E-state index >= 15 is 0 Å². The van der Waals surface area contributed by atoms with E-state index in [-0.39, 0.29) is 24.7 Å². The van der Waals surface area contributed by atoms with E-state index in [4.69, 9.17) is 9.47 Å². The third-order valence-electron chi connectivity index (χ3n) is 3.86. The Bertz CT molecular complexity index is 613. The van der Waals surface area contributed by atoms with Gasteiger partial charge >= 0.3 is 0 Å². The van der Waals surface area contributed by atoms with Crippen LogP contribution in [0.25, 0.3) is 0 Å². The van der Waals surface area contributed by atoms with E-state index in [1.165, 1.54) is 11.4 Å². The molecule has 0 N–H and O–H groups in total. The second-order valence-electron chi connectivity index (χ2n) is 5.50. The molecule has 0 aliphatic carbocycles. The Morgan fingerprint density at radius 3 is 2.38 bits per heavy atom. The van der Waals surface area contributed by atoms with Gasteiger partial charge in [0.05, 0.1) is 25.4 Å². The SMILES string of the molecule is COCCS(=O)(=O)N1CCN(C(=O)CCOc2ccccc2)CC1. The number of methoxy groups -OCH3 is 1. The molecule has 1 amide bonds. The van der Waals surface area contributed by atoms with E-state index < -0.39 is 10.0 Å². The lowest BCUT2D eigenvalue weighted by atomic mass is 10.3. The van der Waals surface area contributed by atoms with Gasteiger partial charge in [-0.2, -0.15) is 4.31 Å². The molecule has 0 radical (unpaired) electrons. The quantitative estimate of drug-likeness (QED) is 0.681. The maximum Gasteiger partial charge on any atom is 0.226 e. The number of carbonyl (C=O) groups excluding carboxylic acids is 1. The molecule has 0 spiro atoms. The predicted molar refractivity (Wildman–Crippen MR) is 90.4 cm³/mol. The lowest BCUT2D eigenvalue weighted by Crippen LogP contribution is -2.51. The second kappa shape index (κ2) is 9.00. The summed E-state index contributed by atoms with van der Waals surface area (Å²) < 4.78 is 35.9. The number of nitrogens with zero attached hydrogens (tertiary/aromatic N) is 2. The van der Waals surface area contributed by atoms with E-state index in [2.05, 4.69) is 0 Å². The zero-order chi connectivity index (χ0) is 17.4. The van der Waals surface area contributed by atoms with Gasteiger partial charge in [0, 0.05) is 33.3 Å². The molecule has 0 aromatic heterocycles. The topological polar surface area (TPSA) is 76.2 Å². The summed E-state index contributed by atoms with van der Waals surface area (Å²) in [5, 5.41) is 0. The van der Waals surface area contributed by atoms with Crippen molar-refractivity contribution in [2.45, 2.75) is 6.42 Å². The van der Waals surface area contributed by atoms with E-state index in [1.807, 2.05) is 30.3 Å². The third kappa shape index (κ3) is 5.47. The second-order valence-corrected chi connectivity index (χ2v) is 7.59. The monoisotopic (exact) mass is 356 g/mol. The molecule has 1 aliphatic heterocycles. The number of ether oxygens (including phenoxy) is 2. The van der Waals surface area contributed by atoms with Crippen molar-refractivity contribution >= 4 is 15.9 Å². The fourth-order valence-electron chi connectivity index (χ4n) is 2.46. The first-order valence-electron chi connectivity index (χ1n) is 7.95. The van der Waals surface area contributed by atoms with Gasteiger partial charge in [-0.3, -0.25) is 4.79 Å². The lowest BCUT2D eigenvalue weighted by Gasteiger charge is -2.34. The van der Waals surface area contributed by atoms with Crippen molar-refractivity contribution in [3.05, 3.63) is 30.3 Å². The molecule has 1 aromatic rings. The first-order valence-corrected chi connectivity index (χ1v) is 9.56. The number of rotatable bonds is 8. The van der Waals surface area contributed by atoms with Gasteiger partial charge in [-0.05, 0) is 12.1 Å². The molecule has 1 aliphatic rings. The number of hydrogen-bond acceptors (Lipinski definition) is 5. The first-order chi connectivity index (χ1) is 11.5. The van der Waals surface area contributed by atoms with E-state index in [0.717, 1.165) is 5.75 Å². The van der Waals surface area contributed by atoms with Crippen LogP contribution >= 0.6 is 0 Å². The molecular formula is C16H24N2O5S. The van der Waals surface area contributed by atoms with Gasteiger partial charge in [0.1, 0.15) is 5.75 Å². The number of amides is 1. The molecule has 24 heavy (non-hydrogen) atoms. The molecule has 2 rings (SSSR count). The summed E-state index contributed by atoms with van der Waals surface area (Å²) >= 11 is 0. The van der Waals surface area contributed by atoms with Crippen LogP contribution in [0.5, 0.6) is 5.75 Å². The predicted octanol–water partition coefficient (Wildman–Crippen LogP) is 0.576. The maximum atomic E-state index is 12.2. The molecule has 0 unspecified atom stereocenters. The standard InChI is InChI=1S/C16H24N2O5S/c1-22-13-14-24(20,21)18-10-8-17(9-11-18)16(19)7-12-23-15-5-3-2-4-6-15/h2-6H,7-14H2,1H3. The number of hydrogen-bond donors (Lipinski definition) is 0. The van der Waals surface area contributed by atoms with Crippen LogP contribution in [0.2, 0.25) is 0 Å². The summed E-state index contributed by atoms with van der Waals surface area (Å²) in [7, 11) is -1.83. The molecule has 134 valence electrons.